The fraction of sp³-hybridized carbons (Fsp3) is 0.500. The van der Waals surface area contributed by atoms with Crippen LogP contribution in [0.3, 0.4) is 0 Å². The first-order valence-corrected chi connectivity index (χ1v) is 5.89. The normalized spacial score (nSPS) is 12.8. The van der Waals surface area contributed by atoms with Gasteiger partial charge >= 0.3 is 11.8 Å². The van der Waals surface area contributed by atoms with Gasteiger partial charge in [-0.2, -0.15) is 0 Å². The average Bonchev–Trinajstić information content (AvgIpc) is 2.65. The van der Waals surface area contributed by atoms with Gasteiger partial charge in [-0.05, 0) is 16.4 Å². The lowest BCUT2D eigenvalue weighted by Crippen LogP contribution is -2.49. The lowest BCUT2D eigenvalue weighted by molar-refractivity contribution is -0.391. The van der Waals surface area contributed by atoms with Gasteiger partial charge in [-0.1, -0.05) is 20.8 Å². The van der Waals surface area contributed by atoms with Crippen molar-refractivity contribution in [3.63, 3.8) is 0 Å². The summed E-state index contributed by atoms with van der Waals surface area (Å²) in [6.45, 7) is 5.04. The summed E-state index contributed by atoms with van der Waals surface area (Å²) < 4.78 is 1.11. The summed E-state index contributed by atoms with van der Waals surface area (Å²) in [5.74, 6) is -2.06. The molecule has 0 aliphatic rings. The molecule has 0 saturated carbocycles. The molecule has 0 spiro atoms. The third-order valence-corrected chi connectivity index (χ3v) is 2.90. The van der Waals surface area contributed by atoms with Crippen molar-refractivity contribution in [1.29, 1.82) is 0 Å². The van der Waals surface area contributed by atoms with E-state index in [9.17, 15) is 19.7 Å². The van der Waals surface area contributed by atoms with Gasteiger partial charge in [0, 0.05) is 6.07 Å². The van der Waals surface area contributed by atoms with Gasteiger partial charge in [0.1, 0.15) is 6.04 Å². The third-order valence-electron chi connectivity index (χ3n) is 2.90. The van der Waals surface area contributed by atoms with Crippen LogP contribution in [0.15, 0.2) is 12.1 Å². The number of amides is 1. The SMILES string of the molecule is Cn1c(C(=O)N[C@H](C(=O)O)C(C)(C)C)ccc1[N+](=O)[O-]. The Morgan fingerprint density at radius 1 is 1.40 bits per heavy atom. The van der Waals surface area contributed by atoms with Crippen LogP contribution >= 0.6 is 0 Å². The van der Waals surface area contributed by atoms with Crippen LogP contribution in [0.25, 0.3) is 0 Å². The molecule has 1 atom stereocenters. The second kappa shape index (κ2) is 5.32. The summed E-state index contributed by atoms with van der Waals surface area (Å²) in [5.41, 5.74) is -0.648. The average molecular weight is 283 g/mol. The summed E-state index contributed by atoms with van der Waals surface area (Å²) in [4.78, 5) is 33.3. The van der Waals surface area contributed by atoms with E-state index in [2.05, 4.69) is 5.32 Å². The van der Waals surface area contributed by atoms with Gasteiger partial charge < -0.3 is 20.5 Å². The van der Waals surface area contributed by atoms with Crippen LogP contribution in [0.1, 0.15) is 31.3 Å². The number of carboxylic acids is 1. The van der Waals surface area contributed by atoms with Crippen molar-refractivity contribution >= 4 is 17.7 Å². The molecule has 0 unspecified atom stereocenters. The number of nitro groups is 1. The minimum absolute atomic E-state index is 0.0344. The molecule has 0 saturated heterocycles. The van der Waals surface area contributed by atoms with Gasteiger partial charge in [-0.25, -0.2) is 9.36 Å². The zero-order valence-corrected chi connectivity index (χ0v) is 11.7. The molecule has 20 heavy (non-hydrogen) atoms. The molecule has 1 amide bonds. The molecule has 0 radical (unpaired) electrons. The van der Waals surface area contributed by atoms with E-state index >= 15 is 0 Å². The molecule has 110 valence electrons. The third kappa shape index (κ3) is 3.14. The van der Waals surface area contributed by atoms with E-state index in [-0.39, 0.29) is 11.5 Å². The van der Waals surface area contributed by atoms with Crippen molar-refractivity contribution in [2.45, 2.75) is 26.8 Å². The van der Waals surface area contributed by atoms with E-state index in [1.165, 1.54) is 19.2 Å². The molecule has 0 bridgehead atoms. The molecule has 1 heterocycles. The van der Waals surface area contributed by atoms with Gasteiger partial charge in [-0.15, -0.1) is 0 Å². The first kappa shape index (κ1) is 15.7. The molecule has 1 aromatic rings. The fourth-order valence-electron chi connectivity index (χ4n) is 1.77. The number of hydrogen-bond donors (Lipinski definition) is 2. The zero-order valence-electron chi connectivity index (χ0n) is 11.7. The molecular weight excluding hydrogens is 266 g/mol. The number of carbonyl (C=O) groups is 2. The number of nitrogens with zero attached hydrogens (tertiary/aromatic N) is 2. The Morgan fingerprint density at radius 2 is 1.95 bits per heavy atom. The highest BCUT2D eigenvalue weighted by molar-refractivity contribution is 5.96. The van der Waals surface area contributed by atoms with Crippen molar-refractivity contribution in [3.8, 4) is 0 Å². The van der Waals surface area contributed by atoms with Crippen LogP contribution in [0.4, 0.5) is 5.82 Å². The Balaban J connectivity index is 3.02. The highest BCUT2D eigenvalue weighted by atomic mass is 16.6. The molecule has 2 N–H and O–H groups in total. The molecule has 8 nitrogen and oxygen atoms in total. The fourth-order valence-corrected chi connectivity index (χ4v) is 1.77. The number of aliphatic carboxylic acids is 1. The lowest BCUT2D eigenvalue weighted by atomic mass is 9.86. The van der Waals surface area contributed by atoms with Crippen LogP contribution in [0.2, 0.25) is 0 Å². The Labute approximate surface area is 115 Å². The summed E-state index contributed by atoms with van der Waals surface area (Å²) in [6, 6.07) is 1.39. The van der Waals surface area contributed by atoms with E-state index in [0.717, 1.165) is 4.57 Å². The molecule has 0 aliphatic carbocycles. The van der Waals surface area contributed by atoms with Crippen molar-refractivity contribution in [3.05, 3.63) is 27.9 Å². The second-order valence-corrected chi connectivity index (χ2v) is 5.50. The number of carbonyl (C=O) groups excluding carboxylic acids is 1. The quantitative estimate of drug-likeness (QED) is 0.635. The van der Waals surface area contributed by atoms with Crippen molar-refractivity contribution in [2.24, 2.45) is 12.5 Å². The maximum absolute atomic E-state index is 12.0. The first-order valence-electron chi connectivity index (χ1n) is 5.89. The Kier molecular flexibility index (Phi) is 4.17. The maximum Gasteiger partial charge on any atom is 0.326 e. The van der Waals surface area contributed by atoms with Crippen LogP contribution in [-0.2, 0) is 11.8 Å². The molecular formula is C12H17N3O5. The first-order chi connectivity index (χ1) is 9.05. The largest absolute Gasteiger partial charge is 0.480 e. The van der Waals surface area contributed by atoms with Crippen molar-refractivity contribution < 1.29 is 19.6 Å². The van der Waals surface area contributed by atoms with Crippen LogP contribution in [0.5, 0.6) is 0 Å². The Bertz CT molecular complexity index is 556. The molecule has 0 fully saturated rings. The second-order valence-electron chi connectivity index (χ2n) is 5.50. The van der Waals surface area contributed by atoms with E-state index in [1.54, 1.807) is 20.8 Å². The van der Waals surface area contributed by atoms with E-state index in [4.69, 9.17) is 5.11 Å². The number of nitrogens with one attached hydrogen (secondary N) is 1. The molecule has 0 aromatic carbocycles. The topological polar surface area (TPSA) is 114 Å². The minimum Gasteiger partial charge on any atom is -0.480 e. The summed E-state index contributed by atoms with van der Waals surface area (Å²) in [7, 11) is 1.37. The number of rotatable bonds is 4. The van der Waals surface area contributed by atoms with Crippen LogP contribution < -0.4 is 5.32 Å². The van der Waals surface area contributed by atoms with E-state index in [1.807, 2.05) is 0 Å². The van der Waals surface area contributed by atoms with Gasteiger partial charge in [0.25, 0.3) is 5.91 Å². The summed E-state index contributed by atoms with van der Waals surface area (Å²) in [6.07, 6.45) is 0. The van der Waals surface area contributed by atoms with Crippen LogP contribution in [-0.4, -0.2) is 32.5 Å². The smallest absolute Gasteiger partial charge is 0.326 e. The molecule has 8 heteroatoms. The zero-order chi connectivity index (χ0) is 15.7. The van der Waals surface area contributed by atoms with Gasteiger partial charge in [0.05, 0.1) is 7.05 Å². The predicted molar refractivity (Wildman–Crippen MR) is 70.4 cm³/mol. The van der Waals surface area contributed by atoms with Crippen molar-refractivity contribution in [1.82, 2.24) is 9.88 Å². The summed E-state index contributed by atoms with van der Waals surface area (Å²) >= 11 is 0. The summed E-state index contributed by atoms with van der Waals surface area (Å²) in [5, 5.41) is 22.2. The Hall–Kier alpha value is -2.38. The predicted octanol–water partition coefficient (Wildman–Crippen LogP) is 1.16. The van der Waals surface area contributed by atoms with Gasteiger partial charge in [0.15, 0.2) is 5.69 Å². The van der Waals surface area contributed by atoms with Crippen LogP contribution in [0, 0.1) is 15.5 Å². The van der Waals surface area contributed by atoms with E-state index in [0.29, 0.717) is 0 Å². The molecule has 0 aliphatic heterocycles. The van der Waals surface area contributed by atoms with E-state index < -0.39 is 28.3 Å². The highest BCUT2D eigenvalue weighted by Crippen LogP contribution is 2.21. The minimum atomic E-state index is -1.16. The van der Waals surface area contributed by atoms with Gasteiger partial charge in [0.2, 0.25) is 0 Å². The monoisotopic (exact) mass is 283 g/mol. The molecule has 1 aromatic heterocycles. The number of carboxylic acid groups (broad SMARTS) is 1. The maximum atomic E-state index is 12.0. The Morgan fingerprint density at radius 3 is 2.30 bits per heavy atom. The van der Waals surface area contributed by atoms with Crippen molar-refractivity contribution in [2.75, 3.05) is 0 Å². The standard InChI is InChI=1S/C12H17N3O5/c1-12(2,3)9(11(17)18)13-10(16)7-5-6-8(14(7)4)15(19)20/h5-6,9H,1-4H3,(H,13,16)(H,17,18)/t9-/m1/s1. The lowest BCUT2D eigenvalue weighted by Gasteiger charge is -2.27. The number of hydrogen-bond acceptors (Lipinski definition) is 4. The van der Waals surface area contributed by atoms with Gasteiger partial charge in [-0.3, -0.25) is 4.79 Å². The molecule has 1 rings (SSSR count). The number of aromatic nitrogens is 1. The highest BCUT2D eigenvalue weighted by Gasteiger charge is 2.34.